The predicted octanol–water partition coefficient (Wildman–Crippen LogP) is -0.0710. The van der Waals surface area contributed by atoms with E-state index in [1.807, 2.05) is 6.07 Å². The summed E-state index contributed by atoms with van der Waals surface area (Å²) in [6.45, 7) is 0. The van der Waals surface area contributed by atoms with Crippen molar-refractivity contribution in [3.8, 4) is 16.9 Å². The van der Waals surface area contributed by atoms with Crippen LogP contribution in [-0.4, -0.2) is 74.9 Å². The Kier molecular flexibility index (Phi) is 5.42. The van der Waals surface area contributed by atoms with Crippen molar-refractivity contribution in [3.63, 3.8) is 0 Å². The van der Waals surface area contributed by atoms with Crippen molar-refractivity contribution in [2.45, 2.75) is 24.5 Å². The minimum atomic E-state index is -2.73. The lowest BCUT2D eigenvalue weighted by molar-refractivity contribution is -0.181. The molecule has 0 radical (unpaired) electrons. The highest BCUT2D eigenvalue weighted by molar-refractivity contribution is 6.32. The van der Waals surface area contributed by atoms with E-state index in [9.17, 15) is 34.2 Å². The lowest BCUT2D eigenvalue weighted by Gasteiger charge is -2.52. The number of ketones is 4. The Bertz CT molecular complexity index is 1340. The molecule has 10 nitrogen and oxygen atoms in total. The van der Waals surface area contributed by atoms with Crippen LogP contribution in [0.1, 0.15) is 22.3 Å². The van der Waals surface area contributed by atoms with Crippen LogP contribution in [0.2, 0.25) is 0 Å². The van der Waals surface area contributed by atoms with Crippen LogP contribution in [-0.2, 0) is 25.6 Å². The Morgan fingerprint density at radius 2 is 1.86 bits per heavy atom. The van der Waals surface area contributed by atoms with Crippen molar-refractivity contribution in [2.75, 3.05) is 14.1 Å². The van der Waals surface area contributed by atoms with Crippen LogP contribution in [0.4, 0.5) is 0 Å². The number of likely N-dealkylation sites (N-methyl/N-ethyl adjacent to an activating group) is 1. The third-order valence-electron chi connectivity index (χ3n) is 7.92. The van der Waals surface area contributed by atoms with Crippen LogP contribution < -0.4 is 5.73 Å². The topological polar surface area (TPSA) is 168 Å². The summed E-state index contributed by atoms with van der Waals surface area (Å²) >= 11 is 0. The molecule has 4 N–H and O–H groups in total. The van der Waals surface area contributed by atoms with Gasteiger partial charge in [0.2, 0.25) is 5.91 Å². The molecule has 3 aliphatic carbocycles. The molecule has 186 valence electrons. The van der Waals surface area contributed by atoms with Gasteiger partial charge in [0.15, 0.2) is 34.7 Å². The van der Waals surface area contributed by atoms with Gasteiger partial charge >= 0.3 is 0 Å². The number of nitrogens with two attached hydrogens (primary N) is 1. The first-order valence-electron chi connectivity index (χ1n) is 11.6. The van der Waals surface area contributed by atoms with Gasteiger partial charge < -0.3 is 15.9 Å². The number of primary amides is 1. The van der Waals surface area contributed by atoms with Gasteiger partial charge in [-0.25, -0.2) is 0 Å². The van der Waals surface area contributed by atoms with Crippen molar-refractivity contribution in [2.24, 2.45) is 29.4 Å². The third-order valence-corrected chi connectivity index (χ3v) is 7.92. The molecule has 0 spiro atoms. The summed E-state index contributed by atoms with van der Waals surface area (Å²) in [7, 11) is 3.10. The number of phenols is 1. The number of rotatable bonds is 3. The fourth-order valence-corrected chi connectivity index (χ4v) is 6.40. The molecule has 1 aromatic heterocycles. The van der Waals surface area contributed by atoms with Gasteiger partial charge in [0.25, 0.3) is 0 Å². The first-order valence-corrected chi connectivity index (χ1v) is 11.6. The zero-order valence-electron chi connectivity index (χ0n) is 19.7. The smallest absolute Gasteiger partial charge is 0.235 e. The van der Waals surface area contributed by atoms with Gasteiger partial charge in [-0.3, -0.25) is 33.9 Å². The number of amides is 1. The first-order chi connectivity index (χ1) is 17.0. The average molecular weight is 492 g/mol. The number of carbonyl (C=O) groups excluding carboxylic acids is 5. The van der Waals surface area contributed by atoms with Crippen molar-refractivity contribution in [1.29, 1.82) is 0 Å². The van der Waals surface area contributed by atoms with Gasteiger partial charge in [-0.15, -0.1) is 0 Å². The fraction of sp³-hybridized carbons (Fsp3) is 0.385. The molecular weight excluding hydrogens is 466 g/mol. The molecule has 2 saturated carbocycles. The first kappa shape index (κ1) is 24.0. The number of pyridine rings is 1. The summed E-state index contributed by atoms with van der Waals surface area (Å²) in [6.07, 6.45) is 3.44. The molecule has 2 unspecified atom stereocenters. The molecule has 0 aliphatic heterocycles. The molecule has 2 fully saturated rings. The Morgan fingerprint density at radius 3 is 2.47 bits per heavy atom. The normalized spacial score (nSPS) is 31.6. The Hall–Kier alpha value is -3.76. The van der Waals surface area contributed by atoms with Gasteiger partial charge in [-0.1, -0.05) is 12.1 Å². The summed E-state index contributed by atoms with van der Waals surface area (Å²) in [5.41, 5.74) is 4.49. The zero-order valence-corrected chi connectivity index (χ0v) is 19.7. The number of nitrogens with zero attached hydrogens (tertiary/aromatic N) is 2. The second-order valence-corrected chi connectivity index (χ2v) is 10.0. The quantitative estimate of drug-likeness (QED) is 0.498. The van der Waals surface area contributed by atoms with Crippen molar-refractivity contribution in [1.82, 2.24) is 9.88 Å². The summed E-state index contributed by atoms with van der Waals surface area (Å²) in [4.78, 5) is 71.5. The number of aromatic nitrogens is 1. The van der Waals surface area contributed by atoms with Gasteiger partial charge in [0, 0.05) is 23.9 Å². The number of benzene rings is 1. The number of hydrogen-bond acceptors (Lipinski definition) is 9. The van der Waals surface area contributed by atoms with Crippen LogP contribution >= 0.6 is 0 Å². The summed E-state index contributed by atoms with van der Waals surface area (Å²) in [6, 6.07) is 5.45. The summed E-state index contributed by atoms with van der Waals surface area (Å²) in [5, 5.41) is 22.2. The van der Waals surface area contributed by atoms with E-state index >= 15 is 0 Å². The SMILES string of the molecule is CN(C)[C@H]1C(=O)C(C(N)=O)C(=O)[C@]2(O)C(=O)C3C(=O)c4c(O)ccc(-c5cccnc5)c4C[C@@H]3C[C@H]12. The van der Waals surface area contributed by atoms with Crippen molar-refractivity contribution < 1.29 is 34.2 Å². The number of aromatic hydroxyl groups is 1. The molecule has 3 aliphatic rings. The Balaban J connectivity index is 1.66. The van der Waals surface area contributed by atoms with E-state index in [-0.39, 0.29) is 24.2 Å². The number of carbonyl (C=O) groups is 5. The molecule has 36 heavy (non-hydrogen) atoms. The molecular formula is C26H25N3O7. The van der Waals surface area contributed by atoms with E-state index in [2.05, 4.69) is 4.98 Å². The van der Waals surface area contributed by atoms with E-state index in [1.165, 1.54) is 11.0 Å². The van der Waals surface area contributed by atoms with Crippen LogP contribution in [0.5, 0.6) is 5.75 Å². The van der Waals surface area contributed by atoms with E-state index in [0.717, 1.165) is 5.56 Å². The molecule has 2 aromatic rings. The standard InChI is InChI=1S/C26H25N3O7/c1-29(2)20-15-9-12-8-14-13(11-4-3-7-28-10-11)5-6-16(30)18(14)21(31)17(12)23(33)26(15,36)24(34)19(22(20)32)25(27)35/h3-7,10,12,15,17,19-20,30,36H,8-9H2,1-2H3,(H2,27,35)/t12-,15-,17?,19?,20-,26-/m1/s1. The molecule has 10 heteroatoms. The van der Waals surface area contributed by atoms with Crippen LogP contribution in [0.3, 0.4) is 0 Å². The highest BCUT2D eigenvalue weighted by Gasteiger charge is 2.69. The molecule has 1 amide bonds. The van der Waals surface area contributed by atoms with Crippen molar-refractivity contribution in [3.05, 3.63) is 47.8 Å². The molecule has 5 rings (SSSR count). The summed E-state index contributed by atoms with van der Waals surface area (Å²) < 4.78 is 0. The monoisotopic (exact) mass is 491 g/mol. The number of aliphatic hydroxyl groups is 1. The van der Waals surface area contributed by atoms with Crippen LogP contribution in [0, 0.1) is 23.7 Å². The second kappa shape index (κ2) is 8.14. The van der Waals surface area contributed by atoms with Gasteiger partial charge in [-0.2, -0.15) is 0 Å². The number of phenolic OH excluding ortho intramolecular Hbond substituents is 1. The highest BCUT2D eigenvalue weighted by Crippen LogP contribution is 2.51. The summed E-state index contributed by atoms with van der Waals surface area (Å²) in [5.74, 6) is -10.6. The minimum Gasteiger partial charge on any atom is -0.507 e. The molecule has 0 bridgehead atoms. The van der Waals surface area contributed by atoms with E-state index in [1.54, 1.807) is 38.6 Å². The maximum Gasteiger partial charge on any atom is 0.235 e. The zero-order chi connectivity index (χ0) is 26.1. The second-order valence-electron chi connectivity index (χ2n) is 10.0. The van der Waals surface area contributed by atoms with Gasteiger partial charge in [0.1, 0.15) is 5.75 Å². The van der Waals surface area contributed by atoms with Crippen molar-refractivity contribution >= 4 is 29.0 Å². The lowest BCUT2D eigenvalue weighted by atomic mass is 9.52. The van der Waals surface area contributed by atoms with E-state index < -0.39 is 64.4 Å². The molecule has 1 aromatic carbocycles. The van der Waals surface area contributed by atoms with Crippen LogP contribution in [0.15, 0.2) is 36.7 Å². The van der Waals surface area contributed by atoms with Crippen LogP contribution in [0.25, 0.3) is 11.1 Å². The maximum absolute atomic E-state index is 13.8. The van der Waals surface area contributed by atoms with E-state index in [0.29, 0.717) is 11.1 Å². The minimum absolute atomic E-state index is 0.00598. The van der Waals surface area contributed by atoms with E-state index in [4.69, 9.17) is 5.73 Å². The molecule has 0 saturated heterocycles. The molecule has 6 atom stereocenters. The number of Topliss-reactive ketones (excluding diaryl/α,β-unsaturated/α-hetero) is 4. The van der Waals surface area contributed by atoms with Gasteiger partial charge in [0.05, 0.1) is 17.5 Å². The predicted molar refractivity (Wildman–Crippen MR) is 125 cm³/mol. The average Bonchev–Trinajstić information content (AvgIpc) is 2.81. The Morgan fingerprint density at radius 1 is 1.14 bits per heavy atom. The maximum atomic E-state index is 13.8. The third kappa shape index (κ3) is 3.11. The Labute approximate surface area is 206 Å². The largest absolute Gasteiger partial charge is 0.507 e. The highest BCUT2D eigenvalue weighted by atomic mass is 16.3. The fourth-order valence-electron chi connectivity index (χ4n) is 6.40. The number of fused-ring (bicyclic) bond motifs is 3. The number of hydrogen-bond donors (Lipinski definition) is 3. The molecule has 1 heterocycles. The van der Waals surface area contributed by atoms with Gasteiger partial charge in [-0.05, 0) is 56.1 Å². The lowest BCUT2D eigenvalue weighted by Crippen LogP contribution is -2.74.